The van der Waals surface area contributed by atoms with Crippen LogP contribution in [0.3, 0.4) is 0 Å². The molecule has 1 heterocycles. The molecule has 0 N–H and O–H groups in total. The minimum atomic E-state index is -3.84. The van der Waals surface area contributed by atoms with Crippen molar-refractivity contribution in [2.45, 2.75) is 68.3 Å². The van der Waals surface area contributed by atoms with Gasteiger partial charge in [-0.05, 0) is 80.0 Å². The average molecular weight is 507 g/mol. The molecule has 1 saturated heterocycles. The molecule has 36 heavy (non-hydrogen) atoms. The highest BCUT2D eigenvalue weighted by Crippen LogP contribution is 2.39. The summed E-state index contributed by atoms with van der Waals surface area (Å²) in [7, 11) is -3.84. The van der Waals surface area contributed by atoms with Crippen LogP contribution in [0.2, 0.25) is 0 Å². The molecule has 0 radical (unpaired) electrons. The summed E-state index contributed by atoms with van der Waals surface area (Å²) in [5.41, 5.74) is 3.05. The number of benzene rings is 3. The molecule has 1 aliphatic carbocycles. The van der Waals surface area contributed by atoms with Crippen LogP contribution in [0.4, 0.5) is 10.1 Å². The van der Waals surface area contributed by atoms with Crippen molar-refractivity contribution in [3.8, 4) is 0 Å². The van der Waals surface area contributed by atoms with Crippen LogP contribution in [0.15, 0.2) is 83.8 Å². The number of anilines is 1. The number of sulfonamides is 1. The number of halogens is 1. The lowest BCUT2D eigenvalue weighted by atomic mass is 9.78. The summed E-state index contributed by atoms with van der Waals surface area (Å²) in [5, 5.41) is 0. The van der Waals surface area contributed by atoms with Crippen molar-refractivity contribution < 1.29 is 12.8 Å². The zero-order chi connectivity index (χ0) is 25.1. The monoisotopic (exact) mass is 506 g/mol. The van der Waals surface area contributed by atoms with E-state index >= 15 is 0 Å². The van der Waals surface area contributed by atoms with Crippen LogP contribution in [-0.2, 0) is 10.0 Å². The summed E-state index contributed by atoms with van der Waals surface area (Å²) in [6, 6.07) is 24.0. The van der Waals surface area contributed by atoms with E-state index in [4.69, 9.17) is 0 Å². The molecule has 4 nitrogen and oxygen atoms in total. The maximum atomic E-state index is 13.9. The van der Waals surface area contributed by atoms with Crippen LogP contribution in [-0.4, -0.2) is 38.5 Å². The molecule has 1 saturated carbocycles. The smallest absolute Gasteiger partial charge is 0.264 e. The number of aryl methyl sites for hydroxylation is 1. The summed E-state index contributed by atoms with van der Waals surface area (Å²) in [5.74, 6) is 0.0945. The molecule has 3 aromatic rings. The van der Waals surface area contributed by atoms with E-state index in [0.717, 1.165) is 31.5 Å². The molecule has 190 valence electrons. The third-order valence-electron chi connectivity index (χ3n) is 7.98. The van der Waals surface area contributed by atoms with E-state index < -0.39 is 15.8 Å². The Morgan fingerprint density at radius 2 is 1.44 bits per heavy atom. The second kappa shape index (κ2) is 10.7. The summed E-state index contributed by atoms with van der Waals surface area (Å²) in [6.45, 7) is 3.70. The minimum absolute atomic E-state index is 0.131. The van der Waals surface area contributed by atoms with Crippen LogP contribution >= 0.6 is 0 Å². The van der Waals surface area contributed by atoms with Gasteiger partial charge >= 0.3 is 0 Å². The number of piperidine rings is 1. The highest BCUT2D eigenvalue weighted by Gasteiger charge is 2.38. The molecule has 0 spiro atoms. The van der Waals surface area contributed by atoms with Gasteiger partial charge in [0.05, 0.1) is 10.6 Å². The van der Waals surface area contributed by atoms with Gasteiger partial charge in [0.1, 0.15) is 5.82 Å². The topological polar surface area (TPSA) is 40.6 Å². The summed E-state index contributed by atoms with van der Waals surface area (Å²) >= 11 is 0. The van der Waals surface area contributed by atoms with Gasteiger partial charge in [0.2, 0.25) is 0 Å². The third-order valence-corrected chi connectivity index (χ3v) is 9.86. The van der Waals surface area contributed by atoms with E-state index in [0.29, 0.717) is 17.6 Å². The van der Waals surface area contributed by atoms with Crippen molar-refractivity contribution in [3.05, 3.63) is 95.8 Å². The van der Waals surface area contributed by atoms with Crippen LogP contribution in [0.1, 0.15) is 55.6 Å². The number of nitrogens with zero attached hydrogens (tertiary/aromatic N) is 2. The quantitative estimate of drug-likeness (QED) is 0.382. The Balaban J connectivity index is 1.40. The second-order valence-corrected chi connectivity index (χ2v) is 12.0. The number of rotatable bonds is 6. The van der Waals surface area contributed by atoms with Crippen molar-refractivity contribution in [1.82, 2.24) is 4.90 Å². The zero-order valence-corrected chi connectivity index (χ0v) is 21.7. The van der Waals surface area contributed by atoms with Crippen molar-refractivity contribution in [1.29, 1.82) is 0 Å². The molecular weight excluding hydrogens is 471 g/mol. The highest BCUT2D eigenvalue weighted by atomic mass is 32.2. The molecule has 1 aliphatic heterocycles. The fourth-order valence-corrected chi connectivity index (χ4v) is 7.92. The number of para-hydroxylation sites is 1. The first-order chi connectivity index (χ1) is 17.4. The number of hydrogen-bond donors (Lipinski definition) is 0. The predicted molar refractivity (Wildman–Crippen MR) is 143 cm³/mol. The zero-order valence-electron chi connectivity index (χ0n) is 20.9. The fraction of sp³-hybridized carbons (Fsp3) is 0.400. The number of hydrogen-bond acceptors (Lipinski definition) is 3. The van der Waals surface area contributed by atoms with Crippen LogP contribution in [0.5, 0.6) is 0 Å². The maximum Gasteiger partial charge on any atom is 0.264 e. The molecule has 0 aromatic heterocycles. The molecule has 0 amide bonds. The molecule has 2 fully saturated rings. The molecule has 0 unspecified atom stereocenters. The Morgan fingerprint density at radius 3 is 2.14 bits per heavy atom. The maximum absolute atomic E-state index is 13.9. The van der Waals surface area contributed by atoms with E-state index in [2.05, 4.69) is 35.2 Å². The van der Waals surface area contributed by atoms with Gasteiger partial charge in [-0.2, -0.15) is 0 Å². The van der Waals surface area contributed by atoms with Gasteiger partial charge < -0.3 is 0 Å². The summed E-state index contributed by atoms with van der Waals surface area (Å²) in [4.78, 5) is 2.74. The van der Waals surface area contributed by atoms with Crippen LogP contribution in [0.25, 0.3) is 0 Å². The molecule has 6 heteroatoms. The molecule has 5 rings (SSSR count). The van der Waals surface area contributed by atoms with E-state index in [1.165, 1.54) is 55.5 Å². The first-order valence-electron chi connectivity index (χ1n) is 13.1. The lowest BCUT2D eigenvalue weighted by Crippen LogP contribution is -2.51. The van der Waals surface area contributed by atoms with Gasteiger partial charge in [-0.15, -0.1) is 0 Å². The van der Waals surface area contributed by atoms with E-state index in [1.807, 2.05) is 31.2 Å². The molecule has 3 aromatic carbocycles. The van der Waals surface area contributed by atoms with E-state index in [9.17, 15) is 12.8 Å². The van der Waals surface area contributed by atoms with E-state index in [1.54, 1.807) is 4.31 Å². The molecule has 0 bridgehead atoms. The standard InChI is InChI=1S/C30H35FN2O2S/c1-23-9-5-7-13-29(23)33(36(34,35)27-17-15-25(31)16-18-27)26-19-21-32(22-20-26)30-14-8-6-12-28(30)24-10-3-2-4-11-24/h2-5,7,9-11,13,15-18,26,28,30H,6,8,12,14,19-22H2,1H3/t28-,30-/m1/s1. The second-order valence-electron chi connectivity index (χ2n) is 10.2. The normalized spacial score (nSPS) is 21.8. The summed E-state index contributed by atoms with van der Waals surface area (Å²) < 4.78 is 43.0. The number of likely N-dealkylation sites (tertiary alicyclic amines) is 1. The Labute approximate surface area is 214 Å². The van der Waals surface area contributed by atoms with Gasteiger partial charge in [0.25, 0.3) is 10.0 Å². The van der Waals surface area contributed by atoms with Gasteiger partial charge in [-0.25, -0.2) is 12.8 Å². The highest BCUT2D eigenvalue weighted by molar-refractivity contribution is 7.92. The van der Waals surface area contributed by atoms with Crippen molar-refractivity contribution in [2.75, 3.05) is 17.4 Å². The molecule has 2 aliphatic rings. The van der Waals surface area contributed by atoms with Crippen molar-refractivity contribution >= 4 is 15.7 Å². The SMILES string of the molecule is Cc1ccccc1N(C1CCN([C@@H]2CCCC[C@@H]2c2ccccc2)CC1)S(=O)(=O)c1ccc(F)cc1. The largest absolute Gasteiger partial charge is 0.300 e. The third kappa shape index (κ3) is 5.07. The Morgan fingerprint density at radius 1 is 0.806 bits per heavy atom. The van der Waals surface area contributed by atoms with Gasteiger partial charge in [-0.3, -0.25) is 9.21 Å². The van der Waals surface area contributed by atoms with Crippen molar-refractivity contribution in [3.63, 3.8) is 0 Å². The Hall–Kier alpha value is -2.70. The van der Waals surface area contributed by atoms with Gasteiger partial charge in [0.15, 0.2) is 0 Å². The van der Waals surface area contributed by atoms with E-state index in [-0.39, 0.29) is 10.9 Å². The average Bonchev–Trinajstić information content (AvgIpc) is 2.91. The fourth-order valence-electron chi connectivity index (χ4n) is 6.14. The van der Waals surface area contributed by atoms with Crippen LogP contribution in [0, 0.1) is 12.7 Å². The van der Waals surface area contributed by atoms with Crippen molar-refractivity contribution in [2.24, 2.45) is 0 Å². The Bertz CT molecular complexity index is 1260. The van der Waals surface area contributed by atoms with Crippen LogP contribution < -0.4 is 4.31 Å². The Kier molecular flexibility index (Phi) is 7.44. The summed E-state index contributed by atoms with van der Waals surface area (Å²) in [6.07, 6.45) is 6.47. The van der Waals surface area contributed by atoms with Gasteiger partial charge in [-0.1, -0.05) is 61.4 Å². The van der Waals surface area contributed by atoms with Gasteiger partial charge in [0, 0.05) is 25.2 Å². The lowest BCUT2D eigenvalue weighted by Gasteiger charge is -2.45. The predicted octanol–water partition coefficient (Wildman–Crippen LogP) is 6.52. The first kappa shape index (κ1) is 25.0. The minimum Gasteiger partial charge on any atom is -0.300 e. The first-order valence-corrected chi connectivity index (χ1v) is 14.5. The lowest BCUT2D eigenvalue weighted by molar-refractivity contribution is 0.107. The molecular formula is C30H35FN2O2S. The molecule has 2 atom stereocenters.